The zero-order valence-electron chi connectivity index (χ0n) is 10.8. The van der Waals surface area contributed by atoms with E-state index < -0.39 is 0 Å². The Balaban J connectivity index is 3.35. The molecule has 0 amide bonds. The lowest BCUT2D eigenvalue weighted by atomic mass is 9.95. The van der Waals surface area contributed by atoms with Crippen LogP contribution in [0.5, 0.6) is 0 Å². The molecule has 0 unspecified atom stereocenters. The molecule has 1 heterocycles. The number of pyridine rings is 1. The van der Waals surface area contributed by atoms with Gasteiger partial charge in [-0.05, 0) is 11.8 Å². The summed E-state index contributed by atoms with van der Waals surface area (Å²) in [6, 6.07) is 0. The Hall–Kier alpha value is -1.05. The first-order valence-electron chi connectivity index (χ1n) is 5.66. The fourth-order valence-electron chi connectivity index (χ4n) is 1.92. The average Bonchev–Trinajstić information content (AvgIpc) is 2.16. The van der Waals surface area contributed by atoms with Gasteiger partial charge >= 0.3 is 0 Å². The maximum Gasteiger partial charge on any atom is 0.172 e. The summed E-state index contributed by atoms with van der Waals surface area (Å²) >= 11 is 0. The van der Waals surface area contributed by atoms with Crippen LogP contribution < -0.4 is 9.88 Å². The summed E-state index contributed by atoms with van der Waals surface area (Å²) in [5.41, 5.74) is 4.16. The van der Waals surface area contributed by atoms with Crippen LogP contribution in [0.3, 0.4) is 0 Å². The lowest BCUT2D eigenvalue weighted by Gasteiger charge is -2.22. The molecule has 15 heavy (non-hydrogen) atoms. The van der Waals surface area contributed by atoms with Crippen molar-refractivity contribution in [3.8, 4) is 0 Å². The lowest BCUT2D eigenvalue weighted by Crippen LogP contribution is -2.19. The number of anilines is 1. The molecule has 1 aromatic rings. The van der Waals surface area contributed by atoms with Gasteiger partial charge in [-0.1, -0.05) is 27.7 Å². The van der Waals surface area contributed by atoms with Crippen LogP contribution in [0.4, 0.5) is 5.69 Å². The summed E-state index contributed by atoms with van der Waals surface area (Å²) in [7, 11) is 4.24. The second-order valence-corrected chi connectivity index (χ2v) is 4.92. The van der Waals surface area contributed by atoms with E-state index in [0.717, 1.165) is 0 Å². The Morgan fingerprint density at radius 1 is 0.933 bits per heavy atom. The van der Waals surface area contributed by atoms with Gasteiger partial charge in [-0.25, -0.2) is 4.98 Å². The number of H-pyrrole nitrogens is 1. The topological polar surface area (TPSA) is 17.4 Å². The molecule has 0 aliphatic carbocycles. The molecule has 0 bridgehead atoms. The minimum atomic E-state index is 0.553. The third-order valence-corrected chi connectivity index (χ3v) is 2.72. The Kier molecular flexibility index (Phi) is 3.72. The first kappa shape index (κ1) is 12.0. The zero-order valence-corrected chi connectivity index (χ0v) is 10.8. The van der Waals surface area contributed by atoms with Gasteiger partial charge in [-0.3, -0.25) is 0 Å². The molecule has 1 N–H and O–H groups in total. The minimum Gasteiger partial charge on any atom is -0.377 e. The molecular formula is C13H23N2+. The number of aromatic nitrogens is 1. The summed E-state index contributed by atoms with van der Waals surface area (Å²) in [6.45, 7) is 8.95. The second kappa shape index (κ2) is 4.65. The molecule has 1 aromatic heterocycles. The molecule has 1 rings (SSSR count). The highest BCUT2D eigenvalue weighted by molar-refractivity contribution is 5.58. The molecule has 0 saturated carbocycles. The average molecular weight is 207 g/mol. The smallest absolute Gasteiger partial charge is 0.172 e. The van der Waals surface area contributed by atoms with Crippen molar-refractivity contribution in [2.75, 3.05) is 19.0 Å². The van der Waals surface area contributed by atoms with Gasteiger partial charge in [0.05, 0.1) is 5.69 Å². The number of nitrogens with zero attached hydrogens (tertiary/aromatic N) is 1. The Morgan fingerprint density at radius 3 is 1.60 bits per heavy atom. The quantitative estimate of drug-likeness (QED) is 0.745. The van der Waals surface area contributed by atoms with Gasteiger partial charge in [0.15, 0.2) is 12.4 Å². The van der Waals surface area contributed by atoms with Crippen molar-refractivity contribution in [1.82, 2.24) is 0 Å². The lowest BCUT2D eigenvalue weighted by molar-refractivity contribution is -0.379. The molecule has 0 radical (unpaired) electrons. The highest BCUT2D eigenvalue weighted by atomic mass is 15.1. The first-order chi connectivity index (χ1) is 6.95. The van der Waals surface area contributed by atoms with Gasteiger partial charge in [0.2, 0.25) is 0 Å². The predicted octanol–water partition coefficient (Wildman–Crippen LogP) is 2.81. The fourth-order valence-corrected chi connectivity index (χ4v) is 1.92. The van der Waals surface area contributed by atoms with Crippen LogP contribution in [0.2, 0.25) is 0 Å². The van der Waals surface area contributed by atoms with Gasteiger partial charge in [-0.15, -0.1) is 0 Å². The summed E-state index contributed by atoms with van der Waals surface area (Å²) in [5, 5.41) is 0. The van der Waals surface area contributed by atoms with Gasteiger partial charge in [0.25, 0.3) is 0 Å². The second-order valence-electron chi connectivity index (χ2n) is 4.92. The molecule has 2 heteroatoms. The molecular weight excluding hydrogens is 184 g/mol. The van der Waals surface area contributed by atoms with E-state index in [4.69, 9.17) is 0 Å². The van der Waals surface area contributed by atoms with Crippen molar-refractivity contribution in [3.63, 3.8) is 0 Å². The molecule has 0 spiro atoms. The summed E-state index contributed by atoms with van der Waals surface area (Å²) in [6.07, 6.45) is 4.23. The molecule has 0 fully saturated rings. The van der Waals surface area contributed by atoms with Crippen molar-refractivity contribution in [3.05, 3.63) is 23.5 Å². The summed E-state index contributed by atoms with van der Waals surface area (Å²) in [5.74, 6) is 1.11. The molecule has 0 saturated heterocycles. The summed E-state index contributed by atoms with van der Waals surface area (Å²) < 4.78 is 0. The van der Waals surface area contributed by atoms with E-state index in [0.29, 0.717) is 11.8 Å². The van der Waals surface area contributed by atoms with Gasteiger partial charge < -0.3 is 4.90 Å². The minimum absolute atomic E-state index is 0.553. The van der Waals surface area contributed by atoms with E-state index in [1.54, 1.807) is 0 Å². The third-order valence-electron chi connectivity index (χ3n) is 2.72. The molecule has 0 aliphatic heterocycles. The van der Waals surface area contributed by atoms with Crippen LogP contribution >= 0.6 is 0 Å². The molecule has 0 atom stereocenters. The highest BCUT2D eigenvalue weighted by Crippen LogP contribution is 2.32. The van der Waals surface area contributed by atoms with E-state index in [-0.39, 0.29) is 0 Å². The van der Waals surface area contributed by atoms with Crippen LogP contribution in [0.25, 0.3) is 0 Å². The molecule has 0 aliphatic rings. The number of nitrogens with one attached hydrogen (secondary N) is 1. The van der Waals surface area contributed by atoms with Crippen LogP contribution in [0, 0.1) is 0 Å². The first-order valence-corrected chi connectivity index (χ1v) is 5.66. The SMILES string of the molecule is CC(C)c1c[nH+]cc(C(C)C)c1N(C)C. The van der Waals surface area contributed by atoms with Crippen LogP contribution in [0.15, 0.2) is 12.4 Å². The maximum absolute atomic E-state index is 3.26. The van der Waals surface area contributed by atoms with Crippen molar-refractivity contribution >= 4 is 5.69 Å². The molecule has 84 valence electrons. The van der Waals surface area contributed by atoms with Crippen LogP contribution in [-0.4, -0.2) is 14.1 Å². The standard InChI is InChI=1S/C13H22N2/c1-9(2)11-7-14-8-12(10(3)4)13(11)15(5)6/h7-10H,1-6H3/p+1. The predicted molar refractivity (Wildman–Crippen MR) is 65.5 cm³/mol. The monoisotopic (exact) mass is 207 g/mol. The number of aromatic amines is 1. The Labute approximate surface area is 93.3 Å². The Bertz CT molecular complexity index is 301. The number of hydrogen-bond acceptors (Lipinski definition) is 1. The molecule has 2 nitrogen and oxygen atoms in total. The van der Waals surface area contributed by atoms with Gasteiger partial charge in [0, 0.05) is 25.2 Å². The van der Waals surface area contributed by atoms with E-state index in [9.17, 15) is 0 Å². The van der Waals surface area contributed by atoms with Crippen molar-refractivity contribution < 1.29 is 4.98 Å². The normalized spacial score (nSPS) is 11.2. The van der Waals surface area contributed by atoms with E-state index in [1.807, 2.05) is 0 Å². The number of rotatable bonds is 3. The number of hydrogen-bond donors (Lipinski definition) is 0. The maximum atomic E-state index is 3.26. The highest BCUT2D eigenvalue weighted by Gasteiger charge is 2.18. The third kappa shape index (κ3) is 2.49. The Morgan fingerprint density at radius 2 is 1.33 bits per heavy atom. The van der Waals surface area contributed by atoms with E-state index in [2.05, 4.69) is 64.1 Å². The van der Waals surface area contributed by atoms with E-state index >= 15 is 0 Å². The van der Waals surface area contributed by atoms with Crippen molar-refractivity contribution in [2.24, 2.45) is 0 Å². The summed E-state index contributed by atoms with van der Waals surface area (Å²) in [4.78, 5) is 5.48. The molecule has 0 aromatic carbocycles. The van der Waals surface area contributed by atoms with Gasteiger partial charge in [-0.2, -0.15) is 0 Å². The van der Waals surface area contributed by atoms with Crippen LogP contribution in [0.1, 0.15) is 50.7 Å². The fraction of sp³-hybridized carbons (Fsp3) is 0.615. The van der Waals surface area contributed by atoms with Crippen molar-refractivity contribution in [1.29, 1.82) is 0 Å². The largest absolute Gasteiger partial charge is 0.377 e. The van der Waals surface area contributed by atoms with Crippen molar-refractivity contribution in [2.45, 2.75) is 39.5 Å². The van der Waals surface area contributed by atoms with Crippen LogP contribution in [-0.2, 0) is 0 Å². The zero-order chi connectivity index (χ0) is 11.6. The van der Waals surface area contributed by atoms with Gasteiger partial charge in [0.1, 0.15) is 0 Å². The van der Waals surface area contributed by atoms with E-state index in [1.165, 1.54) is 16.8 Å².